The van der Waals surface area contributed by atoms with Gasteiger partial charge in [0, 0.05) is 0 Å². The summed E-state index contributed by atoms with van der Waals surface area (Å²) in [6.45, 7) is 0. The van der Waals surface area contributed by atoms with E-state index in [0.717, 1.165) is 10.2 Å². The van der Waals surface area contributed by atoms with Gasteiger partial charge in [0.2, 0.25) is 0 Å². The Morgan fingerprint density at radius 1 is 1.10 bits per heavy atom. The number of benzene rings is 2. The van der Waals surface area contributed by atoms with E-state index >= 15 is 0 Å². The molecule has 0 aliphatic heterocycles. The van der Waals surface area contributed by atoms with Gasteiger partial charge in [-0.05, 0) is 24.3 Å². The highest BCUT2D eigenvalue weighted by Gasteiger charge is 2.14. The summed E-state index contributed by atoms with van der Waals surface area (Å²) in [6.07, 6.45) is 0. The standard InChI is InChI=1S/C14H8Cl2N2OS/c15-9-5-3-4-8(12(9)16)13(19)18-14-17-10-6-1-2-7-11(10)20-14/h1-7H,(H,17,18,19). The fraction of sp³-hybridized carbons (Fsp3) is 0. The zero-order valence-electron chi connectivity index (χ0n) is 10.1. The molecule has 100 valence electrons. The molecule has 3 nitrogen and oxygen atoms in total. The third-order valence-electron chi connectivity index (χ3n) is 2.71. The number of nitrogens with zero attached hydrogens (tertiary/aromatic N) is 1. The number of hydrogen-bond donors (Lipinski definition) is 1. The summed E-state index contributed by atoms with van der Waals surface area (Å²) >= 11 is 13.3. The molecule has 0 unspecified atom stereocenters. The maximum absolute atomic E-state index is 12.2. The van der Waals surface area contributed by atoms with Crippen molar-refractivity contribution in [3.8, 4) is 0 Å². The Bertz CT molecular complexity index is 768. The molecule has 20 heavy (non-hydrogen) atoms. The largest absolute Gasteiger partial charge is 0.298 e. The lowest BCUT2D eigenvalue weighted by molar-refractivity contribution is 0.102. The molecule has 1 amide bonds. The van der Waals surface area contributed by atoms with Gasteiger partial charge in [-0.15, -0.1) is 0 Å². The van der Waals surface area contributed by atoms with Gasteiger partial charge in [0.05, 0.1) is 25.8 Å². The molecule has 3 rings (SSSR count). The first-order chi connectivity index (χ1) is 9.65. The van der Waals surface area contributed by atoms with Crippen LogP contribution >= 0.6 is 34.5 Å². The van der Waals surface area contributed by atoms with Gasteiger partial charge in [-0.1, -0.05) is 52.7 Å². The summed E-state index contributed by atoms with van der Waals surface area (Å²) in [7, 11) is 0. The normalized spacial score (nSPS) is 10.7. The second kappa shape index (κ2) is 5.40. The molecule has 1 heterocycles. The minimum Gasteiger partial charge on any atom is -0.298 e. The van der Waals surface area contributed by atoms with Crippen LogP contribution in [0.1, 0.15) is 10.4 Å². The Morgan fingerprint density at radius 2 is 1.90 bits per heavy atom. The van der Waals surface area contributed by atoms with Crippen molar-refractivity contribution in [3.63, 3.8) is 0 Å². The van der Waals surface area contributed by atoms with Crippen LogP contribution in [0, 0.1) is 0 Å². The Morgan fingerprint density at radius 3 is 2.70 bits per heavy atom. The Balaban J connectivity index is 1.90. The van der Waals surface area contributed by atoms with Crippen LogP contribution in [-0.2, 0) is 0 Å². The van der Waals surface area contributed by atoms with Gasteiger partial charge < -0.3 is 0 Å². The number of carbonyl (C=O) groups excluding carboxylic acids is 1. The molecule has 0 fully saturated rings. The van der Waals surface area contributed by atoms with Crippen molar-refractivity contribution in [1.29, 1.82) is 0 Å². The molecule has 1 aromatic heterocycles. The lowest BCUT2D eigenvalue weighted by atomic mass is 10.2. The SMILES string of the molecule is O=C(Nc1nc2ccccc2s1)c1cccc(Cl)c1Cl. The number of halogens is 2. The van der Waals surface area contributed by atoms with Crippen molar-refractivity contribution < 1.29 is 4.79 Å². The first-order valence-corrected chi connectivity index (χ1v) is 7.33. The minimum atomic E-state index is -0.323. The summed E-state index contributed by atoms with van der Waals surface area (Å²) in [5, 5.41) is 3.87. The highest BCUT2D eigenvalue weighted by Crippen LogP contribution is 2.28. The second-order valence-electron chi connectivity index (χ2n) is 4.04. The van der Waals surface area contributed by atoms with Crippen LogP contribution in [0.25, 0.3) is 10.2 Å². The molecule has 0 saturated heterocycles. The van der Waals surface area contributed by atoms with Crippen molar-refractivity contribution in [2.45, 2.75) is 0 Å². The fourth-order valence-electron chi connectivity index (χ4n) is 1.77. The number of rotatable bonds is 2. The van der Waals surface area contributed by atoms with Crippen LogP contribution in [0.5, 0.6) is 0 Å². The molecule has 2 aromatic carbocycles. The van der Waals surface area contributed by atoms with Gasteiger partial charge in [0.15, 0.2) is 5.13 Å². The van der Waals surface area contributed by atoms with E-state index in [-0.39, 0.29) is 10.9 Å². The van der Waals surface area contributed by atoms with Gasteiger partial charge >= 0.3 is 0 Å². The monoisotopic (exact) mass is 322 g/mol. The zero-order valence-corrected chi connectivity index (χ0v) is 12.4. The summed E-state index contributed by atoms with van der Waals surface area (Å²) in [4.78, 5) is 16.5. The number of carbonyl (C=O) groups is 1. The third-order valence-corrected chi connectivity index (χ3v) is 4.48. The van der Waals surface area contributed by atoms with Crippen molar-refractivity contribution in [1.82, 2.24) is 4.98 Å². The lowest BCUT2D eigenvalue weighted by Gasteiger charge is -2.04. The molecule has 0 bridgehead atoms. The van der Waals surface area contributed by atoms with E-state index in [0.29, 0.717) is 15.7 Å². The summed E-state index contributed by atoms with van der Waals surface area (Å²) in [5.41, 5.74) is 1.18. The van der Waals surface area contributed by atoms with Crippen LogP contribution in [0.3, 0.4) is 0 Å². The number of fused-ring (bicyclic) bond motifs is 1. The number of anilines is 1. The number of para-hydroxylation sites is 1. The Hall–Kier alpha value is -1.62. The number of hydrogen-bond acceptors (Lipinski definition) is 3. The first kappa shape index (κ1) is 13.4. The second-order valence-corrected chi connectivity index (χ2v) is 5.86. The van der Waals surface area contributed by atoms with Crippen LogP contribution < -0.4 is 5.32 Å². The molecule has 0 radical (unpaired) electrons. The molecule has 1 N–H and O–H groups in total. The number of thiazole rings is 1. The molecule has 3 aromatic rings. The topological polar surface area (TPSA) is 42.0 Å². The maximum atomic E-state index is 12.2. The van der Waals surface area contributed by atoms with E-state index in [1.165, 1.54) is 11.3 Å². The Labute approximate surface area is 129 Å². The molecule has 0 saturated carbocycles. The molecule has 0 aliphatic carbocycles. The lowest BCUT2D eigenvalue weighted by Crippen LogP contribution is -2.12. The first-order valence-electron chi connectivity index (χ1n) is 5.76. The fourth-order valence-corrected chi connectivity index (χ4v) is 3.02. The smallest absolute Gasteiger partial charge is 0.259 e. The summed E-state index contributed by atoms with van der Waals surface area (Å²) in [5.74, 6) is -0.323. The van der Waals surface area contributed by atoms with E-state index in [1.54, 1.807) is 18.2 Å². The number of aromatic nitrogens is 1. The Kier molecular flexibility index (Phi) is 3.61. The van der Waals surface area contributed by atoms with Crippen molar-refractivity contribution >= 4 is 55.8 Å². The van der Waals surface area contributed by atoms with E-state index in [4.69, 9.17) is 23.2 Å². The molecule has 0 aliphatic rings. The van der Waals surface area contributed by atoms with Crippen molar-refractivity contribution in [2.75, 3.05) is 5.32 Å². The predicted octanol–water partition coefficient (Wildman–Crippen LogP) is 4.86. The van der Waals surface area contributed by atoms with Crippen LogP contribution in [0.2, 0.25) is 10.0 Å². The molecule has 6 heteroatoms. The average Bonchev–Trinajstić information content (AvgIpc) is 2.83. The van der Waals surface area contributed by atoms with Crippen molar-refractivity contribution in [2.24, 2.45) is 0 Å². The maximum Gasteiger partial charge on any atom is 0.259 e. The quantitative estimate of drug-likeness (QED) is 0.732. The van der Waals surface area contributed by atoms with Gasteiger partial charge in [-0.2, -0.15) is 0 Å². The predicted molar refractivity (Wildman–Crippen MR) is 84.0 cm³/mol. The van der Waals surface area contributed by atoms with Crippen LogP contribution in [0.15, 0.2) is 42.5 Å². The van der Waals surface area contributed by atoms with Gasteiger partial charge in [0.1, 0.15) is 0 Å². The van der Waals surface area contributed by atoms with E-state index in [1.807, 2.05) is 24.3 Å². The zero-order chi connectivity index (χ0) is 14.1. The van der Waals surface area contributed by atoms with Gasteiger partial charge in [-0.25, -0.2) is 4.98 Å². The third kappa shape index (κ3) is 2.50. The van der Waals surface area contributed by atoms with Crippen LogP contribution in [0.4, 0.5) is 5.13 Å². The molecule has 0 spiro atoms. The number of amides is 1. The average molecular weight is 323 g/mol. The van der Waals surface area contributed by atoms with Crippen LogP contribution in [-0.4, -0.2) is 10.9 Å². The molecule has 0 atom stereocenters. The summed E-state index contributed by atoms with van der Waals surface area (Å²) < 4.78 is 1.01. The molecular formula is C14H8Cl2N2OS. The van der Waals surface area contributed by atoms with Crippen molar-refractivity contribution in [3.05, 3.63) is 58.1 Å². The van der Waals surface area contributed by atoms with Gasteiger partial charge in [-0.3, -0.25) is 10.1 Å². The van der Waals surface area contributed by atoms with E-state index in [2.05, 4.69) is 10.3 Å². The van der Waals surface area contributed by atoms with Gasteiger partial charge in [0.25, 0.3) is 5.91 Å². The van der Waals surface area contributed by atoms with E-state index in [9.17, 15) is 4.79 Å². The molecular weight excluding hydrogens is 315 g/mol. The highest BCUT2D eigenvalue weighted by molar-refractivity contribution is 7.22. The number of nitrogens with one attached hydrogen (secondary N) is 1. The minimum absolute atomic E-state index is 0.243. The van der Waals surface area contributed by atoms with E-state index < -0.39 is 0 Å². The highest BCUT2D eigenvalue weighted by atomic mass is 35.5. The summed E-state index contributed by atoms with van der Waals surface area (Å²) in [6, 6.07) is 12.6.